The number of alkyl halides is 1. The number of methoxy groups -OCH3 is 4. The monoisotopic (exact) mass is 1520 g/mol. The van der Waals surface area contributed by atoms with Gasteiger partial charge in [0.1, 0.15) is 37.1 Å². The van der Waals surface area contributed by atoms with E-state index in [9.17, 15) is 33.6 Å². The predicted octanol–water partition coefficient (Wildman–Crippen LogP) is 12.6. The quantitative estimate of drug-likeness (QED) is 0.0255. The van der Waals surface area contributed by atoms with Gasteiger partial charge >= 0.3 is 23.9 Å². The van der Waals surface area contributed by atoms with E-state index in [1.807, 2.05) is 82.5 Å². The average molecular weight is 1520 g/mol. The average Bonchev–Trinajstić information content (AvgIpc) is 1.36. The lowest BCUT2D eigenvalue weighted by Gasteiger charge is -2.45. The van der Waals surface area contributed by atoms with Gasteiger partial charge in [-0.25, -0.2) is 24.7 Å². The molecular weight excluding hydrogens is 1430 g/mol. The van der Waals surface area contributed by atoms with E-state index in [-0.39, 0.29) is 64.2 Å². The molecule has 0 atom stereocenters. The second-order valence-electron chi connectivity index (χ2n) is 27.4. The number of rotatable bonds is 12. The predicted molar refractivity (Wildman–Crippen MR) is 373 cm³/mol. The van der Waals surface area contributed by atoms with E-state index in [1.54, 1.807) is 72.2 Å². The van der Waals surface area contributed by atoms with E-state index < -0.39 is 17.0 Å². The largest absolute Gasteiger partial charge is 0.491 e. The number of amides is 3. The number of benzene rings is 5. The molecule has 3 amide bonds. The molecule has 0 aromatic heterocycles. The second kappa shape index (κ2) is 33.6. The van der Waals surface area contributed by atoms with Crippen molar-refractivity contribution in [3.05, 3.63) is 156 Å². The number of aliphatic hydroxyl groups excluding tert-OH is 1. The zero-order valence-electron chi connectivity index (χ0n) is 57.4. The Hall–Kier alpha value is -6.93. The maximum atomic E-state index is 13.1. The maximum Gasteiger partial charge on any atom is 0.337 e. The molecule has 5 aromatic carbocycles. The van der Waals surface area contributed by atoms with Gasteiger partial charge in [0.25, 0.3) is 5.91 Å². The van der Waals surface area contributed by atoms with Gasteiger partial charge < -0.3 is 58.7 Å². The summed E-state index contributed by atoms with van der Waals surface area (Å²) in [5.41, 5.74) is 7.21. The SMILES string of the molecule is CC1(C(=O)N2Cc3ccc(C(=O)NO)cc3OCC2(C)C)CCC1.COC(=O)c1ccc(CBr)c(Br)c1.COC(=O)c1ccc(CNC(C)(C)CO)c(Br)c1.COC(=O)c1ccc2c(c1)OCC(C)(C)N(C(=O)C1(C)CCC1)C2.COC(=O)c1ccc2c(c1)OCC(C)(C)NC2. The number of nitrogens with one attached hydrogen (secondary N) is 3. The first-order chi connectivity index (χ1) is 45.1. The van der Waals surface area contributed by atoms with Crippen LogP contribution in [0.25, 0.3) is 0 Å². The molecule has 5 aromatic rings. The summed E-state index contributed by atoms with van der Waals surface area (Å²) in [4.78, 5) is 87.2. The Balaban J connectivity index is 0.000000193. The normalized spacial score (nSPS) is 17.0. The molecule has 0 spiro atoms. The second-order valence-corrected chi connectivity index (χ2v) is 29.6. The zero-order chi connectivity index (χ0) is 71.1. The van der Waals surface area contributed by atoms with E-state index in [2.05, 4.69) is 93.4 Å². The first-order valence-electron chi connectivity index (χ1n) is 31.6. The van der Waals surface area contributed by atoms with E-state index in [1.165, 1.54) is 28.4 Å². The number of halogens is 3. The van der Waals surface area contributed by atoms with Crippen molar-refractivity contribution >= 4 is 89.4 Å². The van der Waals surface area contributed by atoms with Crippen LogP contribution in [0.3, 0.4) is 0 Å². The molecule has 0 saturated heterocycles. The number of carbonyl (C=O) groups is 7. The zero-order valence-corrected chi connectivity index (χ0v) is 62.2. The number of hydrogen-bond donors (Lipinski definition) is 5. The van der Waals surface area contributed by atoms with Gasteiger partial charge in [-0.3, -0.25) is 19.6 Å². The number of hydrogen-bond acceptors (Lipinski definition) is 18. The molecule has 21 nitrogen and oxygen atoms in total. The van der Waals surface area contributed by atoms with Crippen LogP contribution in [0, 0.1) is 10.8 Å². The van der Waals surface area contributed by atoms with Gasteiger partial charge in [-0.15, -0.1) is 0 Å². The van der Waals surface area contributed by atoms with Crippen LogP contribution in [0.5, 0.6) is 17.2 Å². The van der Waals surface area contributed by atoms with Crippen molar-refractivity contribution < 1.29 is 77.0 Å². The van der Waals surface area contributed by atoms with Gasteiger partial charge in [-0.2, -0.15) is 0 Å². The van der Waals surface area contributed by atoms with E-state index >= 15 is 0 Å². The van der Waals surface area contributed by atoms with Crippen molar-refractivity contribution in [2.75, 3.05) is 54.9 Å². The molecule has 2 saturated carbocycles. The molecule has 24 heteroatoms. The minimum absolute atomic E-state index is 0.0604. The van der Waals surface area contributed by atoms with Gasteiger partial charge in [0, 0.05) is 84.6 Å². The highest BCUT2D eigenvalue weighted by molar-refractivity contribution is 9.11. The maximum absolute atomic E-state index is 13.1. The van der Waals surface area contributed by atoms with Crippen LogP contribution >= 0.6 is 47.8 Å². The minimum atomic E-state index is -0.584. The number of hydroxylamine groups is 1. The molecule has 5 aliphatic rings. The van der Waals surface area contributed by atoms with Crippen LogP contribution < -0.4 is 30.3 Å². The van der Waals surface area contributed by atoms with Crippen molar-refractivity contribution in [2.24, 2.45) is 10.8 Å². The lowest BCUT2D eigenvalue weighted by molar-refractivity contribution is -0.154. The van der Waals surface area contributed by atoms with Crippen LogP contribution in [0.1, 0.15) is 187 Å². The third-order valence-corrected chi connectivity index (χ3v) is 19.8. The fourth-order valence-corrected chi connectivity index (χ4v) is 12.6. The van der Waals surface area contributed by atoms with Gasteiger partial charge in [-0.1, -0.05) is 105 Å². The van der Waals surface area contributed by atoms with E-state index in [0.29, 0.717) is 78.8 Å². The lowest BCUT2D eigenvalue weighted by Crippen LogP contribution is -2.55. The third kappa shape index (κ3) is 20.1. The Bertz CT molecular complexity index is 3500. The molecule has 0 unspecified atom stereocenters. The molecular formula is C72H92Br3N5O16. The van der Waals surface area contributed by atoms with Crippen LogP contribution in [-0.4, -0.2) is 139 Å². The van der Waals surface area contributed by atoms with Crippen molar-refractivity contribution in [2.45, 2.75) is 161 Å². The third-order valence-electron chi connectivity index (χ3n) is 17.7. The summed E-state index contributed by atoms with van der Waals surface area (Å²) in [6.45, 7) is 23.8. The highest BCUT2D eigenvalue weighted by atomic mass is 79.9. The molecule has 2 aliphatic carbocycles. The highest BCUT2D eigenvalue weighted by Gasteiger charge is 2.48. The summed E-state index contributed by atoms with van der Waals surface area (Å²) in [6, 6.07) is 26.4. The smallest absolute Gasteiger partial charge is 0.337 e. The number of carbonyl (C=O) groups excluding carboxylic acids is 7. The molecule has 2 fully saturated rings. The fraction of sp³-hybridized carbons (Fsp3) is 0.486. The molecule has 3 aliphatic heterocycles. The van der Waals surface area contributed by atoms with Crippen LogP contribution in [0.4, 0.5) is 0 Å². The van der Waals surface area contributed by atoms with Crippen LogP contribution in [0.15, 0.2) is 99.9 Å². The van der Waals surface area contributed by atoms with Crippen molar-refractivity contribution in [3.63, 3.8) is 0 Å². The summed E-state index contributed by atoms with van der Waals surface area (Å²) in [6.07, 6.45) is 5.99. The number of fused-ring (bicyclic) bond motifs is 3. The molecule has 10 rings (SSSR count). The summed E-state index contributed by atoms with van der Waals surface area (Å²) in [5.74, 6) is 0.379. The standard InChI is InChI=1S/C19H25NO4.C18H24N2O4.C13H18BrNO3.C13H17NO3.C9H8Br2O2/c1-18(2)12-24-15-10-13(16(21)23-4)6-7-14(15)11-20(18)17(22)19(3)8-5-9-19;1-17(2)11-24-14-9-12(15(21)19-23)5-6-13(14)10-20(17)16(22)18(3)7-4-8-18;1-13(2,8-16)15-7-10-5-4-9(6-11(10)14)12(17)18-3;1-13(2)8-17-11-6-9(12(15)16-3)4-5-10(11)7-14-13;1-13-9(12)6-2-3-7(5-10)8(11)4-6/h6-7,10H,5,8-9,11-12H2,1-4H3;5-6,9,23H,4,7-8,10-11H2,1-3H3,(H,19,21);4-6,15-16H,7-8H2,1-3H3;4-6,14H,7-8H2,1-3H3;2-4H,5H2,1H3. The van der Waals surface area contributed by atoms with Crippen LogP contribution in [-0.2, 0) is 60.0 Å². The molecule has 0 bridgehead atoms. The van der Waals surface area contributed by atoms with Gasteiger partial charge in [0.15, 0.2) is 0 Å². The topological polar surface area (TPSA) is 267 Å². The number of nitrogens with zero attached hydrogens (tertiary/aromatic N) is 2. The number of ether oxygens (including phenoxy) is 7. The van der Waals surface area contributed by atoms with Crippen LogP contribution in [0.2, 0.25) is 0 Å². The van der Waals surface area contributed by atoms with Crippen molar-refractivity contribution in [3.8, 4) is 17.2 Å². The summed E-state index contributed by atoms with van der Waals surface area (Å²) < 4.78 is 38.0. The number of aliphatic hydroxyl groups is 1. The Kier molecular flexibility index (Phi) is 27.3. The molecule has 5 N–H and O–H groups in total. The van der Waals surface area contributed by atoms with E-state index in [4.69, 9.17) is 29.3 Å². The first-order valence-corrected chi connectivity index (χ1v) is 34.3. The molecule has 522 valence electrons. The lowest BCUT2D eigenvalue weighted by atomic mass is 9.69. The molecule has 0 radical (unpaired) electrons. The van der Waals surface area contributed by atoms with E-state index in [0.717, 1.165) is 92.9 Å². The van der Waals surface area contributed by atoms with Gasteiger partial charge in [0.2, 0.25) is 11.8 Å². The first kappa shape index (κ1) is 78.1. The fourth-order valence-electron chi connectivity index (χ4n) is 10.7. The highest BCUT2D eigenvalue weighted by Crippen LogP contribution is 2.46. The Morgan fingerprint density at radius 1 is 0.542 bits per heavy atom. The summed E-state index contributed by atoms with van der Waals surface area (Å²) in [7, 11) is 5.46. The molecule has 96 heavy (non-hydrogen) atoms. The van der Waals surface area contributed by atoms with Gasteiger partial charge in [-0.05, 0) is 153 Å². The van der Waals surface area contributed by atoms with Gasteiger partial charge in [0.05, 0.1) is 68.4 Å². The summed E-state index contributed by atoms with van der Waals surface area (Å²) in [5, 5.41) is 25.3. The van der Waals surface area contributed by atoms with Crippen molar-refractivity contribution in [1.82, 2.24) is 25.9 Å². The minimum Gasteiger partial charge on any atom is -0.491 e. The Morgan fingerprint density at radius 2 is 0.906 bits per heavy atom. The summed E-state index contributed by atoms with van der Waals surface area (Å²) >= 11 is 10.1. The number of esters is 4. The Labute approximate surface area is 588 Å². The van der Waals surface area contributed by atoms with Crippen molar-refractivity contribution in [1.29, 1.82) is 0 Å². The molecule has 3 heterocycles. The Morgan fingerprint density at radius 3 is 1.28 bits per heavy atom.